The van der Waals surface area contributed by atoms with E-state index in [1.54, 1.807) is 18.2 Å². The van der Waals surface area contributed by atoms with E-state index >= 15 is 0 Å². The average molecular weight is 358 g/mol. The minimum absolute atomic E-state index is 0.0324. The molecule has 3 aromatic rings. The number of aromatic nitrogens is 1. The van der Waals surface area contributed by atoms with Crippen molar-refractivity contribution in [1.29, 1.82) is 0 Å². The van der Waals surface area contributed by atoms with Crippen LogP contribution in [0.15, 0.2) is 48.5 Å². The summed E-state index contributed by atoms with van der Waals surface area (Å²) in [4.78, 5) is 4.65. The molecular weight excluding hydrogens is 334 g/mol. The van der Waals surface area contributed by atoms with Crippen molar-refractivity contribution in [2.75, 3.05) is 11.9 Å². The topological polar surface area (TPSA) is 71.2 Å². The second-order valence-electron chi connectivity index (χ2n) is 5.59. The highest BCUT2D eigenvalue weighted by atomic mass is 35.5. The molecule has 1 atom stereocenters. The number of phenols is 1. The van der Waals surface area contributed by atoms with Crippen molar-refractivity contribution in [3.05, 3.63) is 53.6 Å². The first kappa shape index (κ1) is 19.0. The number of hydrogen-bond acceptors (Lipinski definition) is 4. The van der Waals surface area contributed by atoms with Crippen molar-refractivity contribution >= 4 is 28.2 Å². The second kappa shape index (κ2) is 8.70. The quantitative estimate of drug-likeness (QED) is 0.611. The number of aromatic hydroxyl groups is 1. The summed E-state index contributed by atoms with van der Waals surface area (Å²) in [7, 11) is 0. The third kappa shape index (κ3) is 4.62. The molecule has 0 saturated carbocycles. The number of halogens is 1. The third-order valence-corrected chi connectivity index (χ3v) is 3.80. The first-order chi connectivity index (χ1) is 12.0. The fraction of sp³-hybridized carbons (Fsp3) is 0.250. The van der Waals surface area contributed by atoms with E-state index < -0.39 is 0 Å². The van der Waals surface area contributed by atoms with E-state index in [2.05, 4.69) is 10.3 Å². The van der Waals surface area contributed by atoms with Gasteiger partial charge in [0.25, 0.3) is 0 Å². The van der Waals surface area contributed by atoms with Gasteiger partial charge in [-0.2, -0.15) is 0 Å². The lowest BCUT2D eigenvalue weighted by Crippen LogP contribution is -2.25. The van der Waals surface area contributed by atoms with Crippen LogP contribution >= 0.6 is 11.6 Å². The monoisotopic (exact) mass is 357 g/mol. The lowest BCUT2D eigenvalue weighted by Gasteiger charge is -2.14. The number of fused-ring (bicyclic) bond motifs is 1. The maximum Gasteiger partial charge on any atom is 0.125 e. The molecule has 4 N–H and O–H groups in total. The number of nitrogens with two attached hydrogens (primary N) is 1. The zero-order valence-corrected chi connectivity index (χ0v) is 15.5. The molecule has 0 saturated heterocycles. The Labute approximate surface area is 153 Å². The normalized spacial score (nSPS) is 11.6. The molecule has 4 nitrogen and oxygen atoms in total. The SMILES string of the molecule is CC.CC(N)CNc1cc(-c2cc(Cl)ccc2O)nc2ccccc12. The van der Waals surface area contributed by atoms with E-state index in [0.717, 1.165) is 16.6 Å². The Kier molecular flexibility index (Phi) is 6.62. The standard InChI is InChI=1S/C18H18ClN3O.C2H6/c1-11(20)10-21-16-9-17(14-8-12(19)6-7-18(14)23)22-15-5-3-2-4-13(15)16;1-2/h2-9,11,23H,10,20H2,1H3,(H,21,22);1-2H3. The highest BCUT2D eigenvalue weighted by Gasteiger charge is 2.11. The van der Waals surface area contributed by atoms with Gasteiger partial charge in [-0.25, -0.2) is 4.98 Å². The highest BCUT2D eigenvalue weighted by molar-refractivity contribution is 6.31. The van der Waals surface area contributed by atoms with Crippen molar-refractivity contribution < 1.29 is 5.11 Å². The fourth-order valence-corrected chi connectivity index (χ4v) is 2.62. The van der Waals surface area contributed by atoms with Crippen LogP contribution in [-0.2, 0) is 0 Å². The molecule has 0 aliphatic rings. The predicted molar refractivity (Wildman–Crippen MR) is 107 cm³/mol. The van der Waals surface area contributed by atoms with E-state index in [0.29, 0.717) is 22.8 Å². The smallest absolute Gasteiger partial charge is 0.125 e. The van der Waals surface area contributed by atoms with Crippen molar-refractivity contribution in [2.24, 2.45) is 5.73 Å². The number of nitrogens with zero attached hydrogens (tertiary/aromatic N) is 1. The molecule has 0 radical (unpaired) electrons. The van der Waals surface area contributed by atoms with Gasteiger partial charge < -0.3 is 16.2 Å². The predicted octanol–water partition coefficient (Wildman–Crippen LogP) is 5.05. The van der Waals surface area contributed by atoms with E-state index in [9.17, 15) is 5.11 Å². The Morgan fingerprint density at radius 2 is 1.88 bits per heavy atom. The van der Waals surface area contributed by atoms with E-state index in [4.69, 9.17) is 17.3 Å². The summed E-state index contributed by atoms with van der Waals surface area (Å²) in [6.07, 6.45) is 0. The van der Waals surface area contributed by atoms with Crippen molar-refractivity contribution in [3.63, 3.8) is 0 Å². The van der Waals surface area contributed by atoms with Gasteiger partial charge in [0.05, 0.1) is 11.2 Å². The molecular formula is C20H24ClN3O. The van der Waals surface area contributed by atoms with Crippen LogP contribution in [0.3, 0.4) is 0 Å². The zero-order valence-electron chi connectivity index (χ0n) is 14.8. The first-order valence-electron chi connectivity index (χ1n) is 8.43. The number of para-hydroxylation sites is 1. The zero-order chi connectivity index (χ0) is 18.4. The minimum Gasteiger partial charge on any atom is -0.507 e. The van der Waals surface area contributed by atoms with Crippen LogP contribution < -0.4 is 11.1 Å². The molecule has 0 fully saturated rings. The van der Waals surface area contributed by atoms with Gasteiger partial charge in [-0.3, -0.25) is 0 Å². The number of anilines is 1. The molecule has 1 aromatic heterocycles. The van der Waals surface area contributed by atoms with Gasteiger partial charge in [0.1, 0.15) is 5.75 Å². The summed E-state index contributed by atoms with van der Waals surface area (Å²) in [6.45, 7) is 6.59. The molecule has 0 spiro atoms. The Balaban J connectivity index is 0.00000109. The van der Waals surface area contributed by atoms with Gasteiger partial charge in [-0.15, -0.1) is 0 Å². The molecule has 132 valence electrons. The summed E-state index contributed by atoms with van der Waals surface area (Å²) in [5, 5.41) is 15.0. The van der Waals surface area contributed by atoms with E-state index in [-0.39, 0.29) is 11.8 Å². The summed E-state index contributed by atoms with van der Waals surface area (Å²) in [5.41, 5.74) is 8.89. The number of benzene rings is 2. The molecule has 1 unspecified atom stereocenters. The summed E-state index contributed by atoms with van der Waals surface area (Å²) in [5.74, 6) is 0.148. The van der Waals surface area contributed by atoms with Gasteiger partial charge in [-0.1, -0.05) is 43.6 Å². The van der Waals surface area contributed by atoms with Gasteiger partial charge in [0, 0.05) is 34.2 Å². The molecule has 3 rings (SSSR count). The molecule has 0 aliphatic carbocycles. The van der Waals surface area contributed by atoms with Crippen LogP contribution in [0.5, 0.6) is 5.75 Å². The van der Waals surface area contributed by atoms with Crippen LogP contribution in [0.4, 0.5) is 5.69 Å². The fourth-order valence-electron chi connectivity index (χ4n) is 2.44. The Hall–Kier alpha value is -2.30. The Morgan fingerprint density at radius 3 is 2.60 bits per heavy atom. The van der Waals surface area contributed by atoms with Crippen LogP contribution in [-0.4, -0.2) is 22.7 Å². The number of phenolic OH excluding ortho intramolecular Hbond substituents is 1. The lowest BCUT2D eigenvalue weighted by atomic mass is 10.1. The summed E-state index contributed by atoms with van der Waals surface area (Å²) < 4.78 is 0. The lowest BCUT2D eigenvalue weighted by molar-refractivity contribution is 0.477. The van der Waals surface area contributed by atoms with Crippen molar-refractivity contribution in [2.45, 2.75) is 26.8 Å². The Morgan fingerprint density at radius 1 is 1.16 bits per heavy atom. The molecule has 25 heavy (non-hydrogen) atoms. The second-order valence-corrected chi connectivity index (χ2v) is 6.03. The first-order valence-corrected chi connectivity index (χ1v) is 8.80. The molecule has 5 heteroatoms. The molecule has 0 bridgehead atoms. The van der Waals surface area contributed by atoms with Crippen LogP contribution in [0.1, 0.15) is 20.8 Å². The summed E-state index contributed by atoms with van der Waals surface area (Å²) in [6, 6.07) is 14.7. The number of hydrogen-bond donors (Lipinski definition) is 3. The molecule has 2 aromatic carbocycles. The van der Waals surface area contributed by atoms with Crippen molar-refractivity contribution in [1.82, 2.24) is 4.98 Å². The largest absolute Gasteiger partial charge is 0.507 e. The third-order valence-electron chi connectivity index (χ3n) is 3.57. The average Bonchev–Trinajstić information content (AvgIpc) is 2.63. The highest BCUT2D eigenvalue weighted by Crippen LogP contribution is 2.34. The molecule has 0 aliphatic heterocycles. The van der Waals surface area contributed by atoms with Crippen LogP contribution in [0, 0.1) is 0 Å². The van der Waals surface area contributed by atoms with Gasteiger partial charge in [0.15, 0.2) is 0 Å². The van der Waals surface area contributed by atoms with Crippen LogP contribution in [0.2, 0.25) is 5.02 Å². The van der Waals surface area contributed by atoms with Crippen LogP contribution in [0.25, 0.3) is 22.2 Å². The number of nitrogens with one attached hydrogen (secondary N) is 1. The molecule has 1 heterocycles. The van der Waals surface area contributed by atoms with E-state index in [1.165, 1.54) is 0 Å². The van der Waals surface area contributed by atoms with Gasteiger partial charge in [-0.05, 0) is 37.3 Å². The van der Waals surface area contributed by atoms with Gasteiger partial charge >= 0.3 is 0 Å². The summed E-state index contributed by atoms with van der Waals surface area (Å²) >= 11 is 6.06. The minimum atomic E-state index is 0.0324. The van der Waals surface area contributed by atoms with E-state index in [1.807, 2.05) is 51.1 Å². The molecule has 0 amide bonds. The number of pyridine rings is 1. The number of rotatable bonds is 4. The van der Waals surface area contributed by atoms with Gasteiger partial charge in [0.2, 0.25) is 0 Å². The van der Waals surface area contributed by atoms with Crippen molar-refractivity contribution in [3.8, 4) is 17.0 Å². The Bertz CT molecular complexity index is 849. The maximum atomic E-state index is 10.1. The maximum absolute atomic E-state index is 10.1.